The summed E-state index contributed by atoms with van der Waals surface area (Å²) in [5.41, 5.74) is 0.140. The normalized spacial score (nSPS) is 12.8. The van der Waals surface area contributed by atoms with Crippen molar-refractivity contribution in [1.29, 1.82) is 0 Å². The lowest BCUT2D eigenvalue weighted by atomic mass is 10.3. The van der Waals surface area contributed by atoms with Crippen LogP contribution in [-0.2, 0) is 0 Å². The molecule has 1 rings (SSSR count). The van der Waals surface area contributed by atoms with Gasteiger partial charge in [0.2, 0.25) is 0 Å². The minimum atomic E-state index is -0.966. The molecular formula is C8H11IN2O2. The van der Waals surface area contributed by atoms with E-state index in [9.17, 15) is 4.79 Å². The summed E-state index contributed by atoms with van der Waals surface area (Å²) in [6, 6.07) is 0.251. The summed E-state index contributed by atoms with van der Waals surface area (Å²) < 4.78 is 2.39. The fraction of sp³-hybridized carbons (Fsp3) is 0.500. The van der Waals surface area contributed by atoms with E-state index in [2.05, 4.69) is 5.10 Å². The lowest BCUT2D eigenvalue weighted by Gasteiger charge is -2.07. The molecule has 0 aliphatic carbocycles. The van der Waals surface area contributed by atoms with Gasteiger partial charge in [0, 0.05) is 12.2 Å². The number of aromatic nitrogens is 2. The van der Waals surface area contributed by atoms with E-state index in [-0.39, 0.29) is 11.7 Å². The lowest BCUT2D eigenvalue weighted by molar-refractivity contribution is 0.0688. The van der Waals surface area contributed by atoms with Crippen molar-refractivity contribution in [3.05, 3.63) is 15.5 Å². The maximum Gasteiger partial charge on any atom is 0.357 e. The first-order valence-corrected chi connectivity index (χ1v) is 5.12. The summed E-state index contributed by atoms with van der Waals surface area (Å²) in [6.45, 7) is 4.05. The first-order valence-electron chi connectivity index (χ1n) is 4.04. The van der Waals surface area contributed by atoms with Gasteiger partial charge in [0.25, 0.3) is 0 Å². The van der Waals surface area contributed by atoms with E-state index in [1.54, 1.807) is 10.9 Å². The summed E-state index contributed by atoms with van der Waals surface area (Å²) in [7, 11) is 0. The number of carboxylic acids is 1. The molecular weight excluding hydrogens is 283 g/mol. The molecule has 0 aliphatic heterocycles. The molecule has 4 nitrogen and oxygen atoms in total. The molecule has 0 saturated carbocycles. The molecule has 0 bridgehead atoms. The molecule has 1 heterocycles. The molecule has 1 N–H and O–H groups in total. The maximum absolute atomic E-state index is 10.7. The topological polar surface area (TPSA) is 55.1 Å². The van der Waals surface area contributed by atoms with Gasteiger partial charge in [0.05, 0.1) is 3.57 Å². The molecule has 0 fully saturated rings. The highest BCUT2D eigenvalue weighted by molar-refractivity contribution is 14.1. The summed E-state index contributed by atoms with van der Waals surface area (Å²) in [5, 5.41) is 12.7. The summed E-state index contributed by atoms with van der Waals surface area (Å²) in [6.07, 6.45) is 2.70. The molecule has 5 heteroatoms. The van der Waals surface area contributed by atoms with E-state index in [1.165, 1.54) is 0 Å². The largest absolute Gasteiger partial charge is 0.476 e. The predicted octanol–water partition coefficient (Wildman–Crippen LogP) is 2.16. The predicted molar refractivity (Wildman–Crippen MR) is 56.9 cm³/mol. The van der Waals surface area contributed by atoms with E-state index in [0.29, 0.717) is 3.57 Å². The third-order valence-electron chi connectivity index (χ3n) is 1.93. The molecule has 0 aliphatic rings. The number of aromatic carboxylic acids is 1. The van der Waals surface area contributed by atoms with Crippen LogP contribution in [0.5, 0.6) is 0 Å². The Labute approximate surface area is 90.1 Å². The average Bonchev–Trinajstić information content (AvgIpc) is 2.46. The second kappa shape index (κ2) is 4.08. The molecule has 13 heavy (non-hydrogen) atoms. The van der Waals surface area contributed by atoms with Crippen LogP contribution < -0.4 is 0 Å². The van der Waals surface area contributed by atoms with Crippen molar-refractivity contribution in [1.82, 2.24) is 9.78 Å². The maximum atomic E-state index is 10.7. The third-order valence-corrected chi connectivity index (χ3v) is 2.72. The van der Waals surface area contributed by atoms with Crippen LogP contribution in [0.25, 0.3) is 0 Å². The van der Waals surface area contributed by atoms with Crippen LogP contribution in [0.1, 0.15) is 36.8 Å². The number of rotatable bonds is 3. The summed E-state index contributed by atoms with van der Waals surface area (Å²) in [5.74, 6) is -0.966. The van der Waals surface area contributed by atoms with E-state index in [4.69, 9.17) is 5.11 Å². The molecule has 0 spiro atoms. The van der Waals surface area contributed by atoms with E-state index in [0.717, 1.165) is 6.42 Å². The number of hydrogen-bond donors (Lipinski definition) is 1. The number of carbonyl (C=O) groups is 1. The van der Waals surface area contributed by atoms with Crippen molar-refractivity contribution in [3.63, 3.8) is 0 Å². The van der Waals surface area contributed by atoms with Crippen molar-refractivity contribution in [2.45, 2.75) is 26.3 Å². The van der Waals surface area contributed by atoms with E-state index in [1.807, 2.05) is 36.4 Å². The van der Waals surface area contributed by atoms with Crippen LogP contribution in [-0.4, -0.2) is 20.9 Å². The van der Waals surface area contributed by atoms with Gasteiger partial charge in [-0.2, -0.15) is 5.10 Å². The van der Waals surface area contributed by atoms with Gasteiger partial charge < -0.3 is 5.11 Å². The van der Waals surface area contributed by atoms with Gasteiger partial charge in [-0.25, -0.2) is 4.79 Å². The minimum Gasteiger partial charge on any atom is -0.476 e. The van der Waals surface area contributed by atoms with Gasteiger partial charge in [-0.3, -0.25) is 4.68 Å². The van der Waals surface area contributed by atoms with Crippen LogP contribution in [0.15, 0.2) is 6.20 Å². The molecule has 0 radical (unpaired) electrons. The Bertz CT molecular complexity index is 322. The van der Waals surface area contributed by atoms with Crippen molar-refractivity contribution < 1.29 is 9.90 Å². The molecule has 72 valence electrons. The van der Waals surface area contributed by atoms with E-state index >= 15 is 0 Å². The lowest BCUT2D eigenvalue weighted by Crippen LogP contribution is -2.06. The highest BCUT2D eigenvalue weighted by Crippen LogP contribution is 2.15. The van der Waals surface area contributed by atoms with Gasteiger partial charge in [-0.05, 0) is 35.9 Å². The zero-order valence-electron chi connectivity index (χ0n) is 7.49. The highest BCUT2D eigenvalue weighted by Gasteiger charge is 2.15. The van der Waals surface area contributed by atoms with Crippen molar-refractivity contribution in [3.8, 4) is 0 Å². The van der Waals surface area contributed by atoms with Crippen LogP contribution in [0.4, 0.5) is 0 Å². The Morgan fingerprint density at radius 3 is 2.85 bits per heavy atom. The molecule has 1 aromatic rings. The molecule has 0 unspecified atom stereocenters. The highest BCUT2D eigenvalue weighted by atomic mass is 127. The molecule has 0 saturated heterocycles. The quantitative estimate of drug-likeness (QED) is 0.869. The van der Waals surface area contributed by atoms with Gasteiger partial charge in [0.15, 0.2) is 5.69 Å². The van der Waals surface area contributed by atoms with Crippen molar-refractivity contribution in [2.24, 2.45) is 0 Å². The molecule has 1 atom stereocenters. The van der Waals surface area contributed by atoms with Crippen LogP contribution in [0, 0.1) is 3.57 Å². The Morgan fingerprint density at radius 1 is 1.85 bits per heavy atom. The third kappa shape index (κ3) is 2.20. The Hall–Kier alpha value is -0.590. The number of nitrogens with zero attached hydrogens (tertiary/aromatic N) is 2. The second-order valence-corrected chi connectivity index (χ2v) is 4.03. The Balaban J connectivity index is 3.01. The van der Waals surface area contributed by atoms with Crippen LogP contribution in [0.3, 0.4) is 0 Å². The number of halogens is 1. The fourth-order valence-electron chi connectivity index (χ4n) is 0.927. The first-order chi connectivity index (χ1) is 6.06. The van der Waals surface area contributed by atoms with Gasteiger partial charge in [-0.1, -0.05) is 6.92 Å². The zero-order valence-corrected chi connectivity index (χ0v) is 9.65. The fourth-order valence-corrected chi connectivity index (χ4v) is 1.55. The van der Waals surface area contributed by atoms with Crippen LogP contribution in [0.2, 0.25) is 0 Å². The molecule has 0 aromatic carbocycles. The molecule has 0 amide bonds. The van der Waals surface area contributed by atoms with Gasteiger partial charge in [0.1, 0.15) is 0 Å². The monoisotopic (exact) mass is 294 g/mol. The van der Waals surface area contributed by atoms with Crippen LogP contribution >= 0.6 is 22.6 Å². The van der Waals surface area contributed by atoms with Gasteiger partial charge in [-0.15, -0.1) is 0 Å². The summed E-state index contributed by atoms with van der Waals surface area (Å²) >= 11 is 1.98. The average molecular weight is 294 g/mol. The van der Waals surface area contributed by atoms with Gasteiger partial charge >= 0.3 is 5.97 Å². The smallest absolute Gasteiger partial charge is 0.357 e. The van der Waals surface area contributed by atoms with E-state index < -0.39 is 5.97 Å². The standard InChI is InChI=1S/C8H11IN2O2/c1-3-5(2)11-4-6(9)7(10-11)8(12)13/h4-5H,3H2,1-2H3,(H,12,13)/t5-/m1/s1. The van der Waals surface area contributed by atoms with Crippen molar-refractivity contribution >= 4 is 28.6 Å². The Morgan fingerprint density at radius 2 is 2.46 bits per heavy atom. The SMILES string of the molecule is CC[C@@H](C)n1cc(I)c(C(=O)O)n1. The number of carboxylic acid groups (broad SMARTS) is 1. The molecule has 1 aromatic heterocycles. The minimum absolute atomic E-state index is 0.140. The first kappa shape index (κ1) is 10.5. The van der Waals surface area contributed by atoms with Crippen molar-refractivity contribution in [2.75, 3.05) is 0 Å². The zero-order chi connectivity index (χ0) is 10.0. The second-order valence-electron chi connectivity index (χ2n) is 2.87. The Kier molecular flexibility index (Phi) is 3.29. The number of hydrogen-bond acceptors (Lipinski definition) is 2. The summed E-state index contributed by atoms with van der Waals surface area (Å²) in [4.78, 5) is 10.7.